The lowest BCUT2D eigenvalue weighted by atomic mass is 10.3. The van der Waals surface area contributed by atoms with Crippen molar-refractivity contribution in [3.8, 4) is 0 Å². The van der Waals surface area contributed by atoms with Crippen LogP contribution >= 0.6 is 23.2 Å². The third-order valence-electron chi connectivity index (χ3n) is 2.37. The number of hydrogen-bond donors (Lipinski definition) is 2. The van der Waals surface area contributed by atoms with Gasteiger partial charge in [-0.25, -0.2) is 14.4 Å². The number of hydrogen-bond acceptors (Lipinski definition) is 4. The molecule has 100 valence electrons. The van der Waals surface area contributed by atoms with E-state index in [0.29, 0.717) is 29.6 Å². The molecule has 0 aliphatic heterocycles. The molecule has 4 nitrogen and oxygen atoms in total. The second kappa shape index (κ2) is 5.59. The monoisotopic (exact) mass is 300 g/mol. The van der Waals surface area contributed by atoms with E-state index in [1.165, 1.54) is 12.1 Å². The van der Waals surface area contributed by atoms with Crippen molar-refractivity contribution in [1.29, 1.82) is 0 Å². The second-order valence-corrected chi connectivity index (χ2v) is 4.63. The number of anilines is 3. The molecule has 2 rings (SSSR count). The third kappa shape index (κ3) is 3.24. The van der Waals surface area contributed by atoms with Gasteiger partial charge in [-0.15, -0.1) is 0 Å². The maximum Gasteiger partial charge on any atom is 0.136 e. The Morgan fingerprint density at radius 3 is 2.42 bits per heavy atom. The van der Waals surface area contributed by atoms with Gasteiger partial charge < -0.3 is 11.1 Å². The van der Waals surface area contributed by atoms with E-state index in [2.05, 4.69) is 15.3 Å². The Labute approximate surface area is 119 Å². The summed E-state index contributed by atoms with van der Waals surface area (Å²) in [5, 5.41) is 3.26. The van der Waals surface area contributed by atoms with E-state index in [4.69, 9.17) is 28.9 Å². The van der Waals surface area contributed by atoms with Gasteiger partial charge in [-0.05, 0) is 12.1 Å². The highest BCUT2D eigenvalue weighted by Crippen LogP contribution is 2.33. The minimum atomic E-state index is -0.503. The first-order chi connectivity index (χ1) is 8.99. The quantitative estimate of drug-likeness (QED) is 0.905. The number of aryl methyl sites for hydroxylation is 1. The Bertz CT molecular complexity index is 596. The molecule has 3 N–H and O–H groups in total. The van der Waals surface area contributed by atoms with Crippen LogP contribution in [0.25, 0.3) is 0 Å². The van der Waals surface area contributed by atoms with Crippen molar-refractivity contribution in [2.45, 2.75) is 13.3 Å². The van der Waals surface area contributed by atoms with E-state index in [9.17, 15) is 4.39 Å². The fourth-order valence-electron chi connectivity index (χ4n) is 1.53. The maximum atomic E-state index is 13.1. The predicted octanol–water partition coefficient (Wildman–Crippen LogP) is 3.81. The number of aromatic nitrogens is 2. The topological polar surface area (TPSA) is 63.8 Å². The molecule has 7 heteroatoms. The summed E-state index contributed by atoms with van der Waals surface area (Å²) in [7, 11) is 0. The van der Waals surface area contributed by atoms with Crippen molar-refractivity contribution in [3.63, 3.8) is 0 Å². The van der Waals surface area contributed by atoms with Gasteiger partial charge in [-0.3, -0.25) is 0 Å². The third-order valence-corrected chi connectivity index (χ3v) is 2.96. The summed E-state index contributed by atoms with van der Waals surface area (Å²) < 4.78 is 13.1. The van der Waals surface area contributed by atoms with Crippen molar-refractivity contribution in [2.75, 3.05) is 11.1 Å². The highest BCUT2D eigenvalue weighted by Gasteiger charge is 2.10. The van der Waals surface area contributed by atoms with Crippen LogP contribution in [0.1, 0.15) is 12.7 Å². The molecule has 0 aliphatic carbocycles. The van der Waals surface area contributed by atoms with E-state index in [1.54, 1.807) is 6.07 Å². The molecule has 0 unspecified atom stereocenters. The predicted molar refractivity (Wildman–Crippen MR) is 75.5 cm³/mol. The van der Waals surface area contributed by atoms with Crippen LogP contribution in [0.15, 0.2) is 18.2 Å². The van der Waals surface area contributed by atoms with Crippen molar-refractivity contribution in [2.24, 2.45) is 0 Å². The van der Waals surface area contributed by atoms with Gasteiger partial charge in [0.1, 0.15) is 23.3 Å². The normalized spacial score (nSPS) is 10.5. The molecule has 0 aliphatic rings. The molecule has 0 fully saturated rings. The fraction of sp³-hybridized carbons (Fsp3) is 0.167. The van der Waals surface area contributed by atoms with Crippen molar-refractivity contribution in [1.82, 2.24) is 9.97 Å². The van der Waals surface area contributed by atoms with Gasteiger partial charge >= 0.3 is 0 Å². The molecule has 0 spiro atoms. The molecule has 1 aromatic heterocycles. The zero-order valence-electron chi connectivity index (χ0n) is 10.0. The Kier molecular flexibility index (Phi) is 4.07. The Morgan fingerprint density at radius 2 is 1.84 bits per heavy atom. The maximum absolute atomic E-state index is 13.1. The van der Waals surface area contributed by atoms with Crippen molar-refractivity contribution >= 4 is 40.5 Å². The zero-order valence-corrected chi connectivity index (χ0v) is 11.6. The summed E-state index contributed by atoms with van der Waals surface area (Å²) in [5.41, 5.74) is 6.05. The number of halogens is 3. The Morgan fingerprint density at radius 1 is 1.21 bits per heavy atom. The van der Waals surface area contributed by atoms with Gasteiger partial charge in [0.25, 0.3) is 0 Å². The summed E-state index contributed by atoms with van der Waals surface area (Å²) in [4.78, 5) is 8.29. The molecule has 0 radical (unpaired) electrons. The van der Waals surface area contributed by atoms with Crippen LogP contribution in [0.4, 0.5) is 21.7 Å². The summed E-state index contributed by atoms with van der Waals surface area (Å²) in [6.07, 6.45) is 0.643. The number of rotatable bonds is 3. The van der Waals surface area contributed by atoms with Crippen LogP contribution in [0.5, 0.6) is 0 Å². The van der Waals surface area contributed by atoms with Gasteiger partial charge in [0.15, 0.2) is 0 Å². The van der Waals surface area contributed by atoms with E-state index in [1.807, 2.05) is 6.92 Å². The number of benzene rings is 1. The summed E-state index contributed by atoms with van der Waals surface area (Å²) in [6, 6.07) is 3.89. The van der Waals surface area contributed by atoms with E-state index in [-0.39, 0.29) is 10.0 Å². The lowest BCUT2D eigenvalue weighted by molar-refractivity contribution is 0.628. The van der Waals surface area contributed by atoms with Crippen molar-refractivity contribution in [3.05, 3.63) is 39.9 Å². The van der Waals surface area contributed by atoms with Crippen LogP contribution < -0.4 is 11.1 Å². The molecule has 0 bridgehead atoms. The average Bonchev–Trinajstić information content (AvgIpc) is 2.33. The van der Waals surface area contributed by atoms with Gasteiger partial charge in [-0.1, -0.05) is 30.1 Å². The van der Waals surface area contributed by atoms with Crippen LogP contribution in [-0.4, -0.2) is 9.97 Å². The second-order valence-electron chi connectivity index (χ2n) is 3.82. The van der Waals surface area contributed by atoms with Crippen LogP contribution in [0, 0.1) is 5.82 Å². The molecule has 0 amide bonds. The molecular weight excluding hydrogens is 290 g/mol. The molecule has 0 atom stereocenters. The van der Waals surface area contributed by atoms with E-state index < -0.39 is 5.82 Å². The van der Waals surface area contributed by atoms with E-state index in [0.717, 1.165) is 0 Å². The first kappa shape index (κ1) is 13.8. The number of nitrogens with zero attached hydrogens (tertiary/aromatic N) is 2. The first-order valence-electron chi connectivity index (χ1n) is 5.54. The summed E-state index contributed by atoms with van der Waals surface area (Å²) >= 11 is 11.9. The smallest absolute Gasteiger partial charge is 0.136 e. The standard InChI is InChI=1S/C12H11Cl2FN4/c1-2-10-17-9(16)5-11(18-10)19-12-7(13)3-6(15)4-8(12)14/h3-5H,2H2,1H3,(H3,16,17,18,19). The number of nitrogen functional groups attached to an aromatic ring is 1. The highest BCUT2D eigenvalue weighted by atomic mass is 35.5. The Hall–Kier alpha value is -1.59. The molecule has 1 heterocycles. The zero-order chi connectivity index (χ0) is 14.0. The minimum absolute atomic E-state index is 0.167. The largest absolute Gasteiger partial charge is 0.384 e. The SMILES string of the molecule is CCc1nc(N)cc(Nc2c(Cl)cc(F)cc2Cl)n1. The summed E-state index contributed by atoms with van der Waals surface area (Å²) in [6.45, 7) is 1.91. The van der Waals surface area contributed by atoms with E-state index >= 15 is 0 Å². The fourth-order valence-corrected chi connectivity index (χ4v) is 2.08. The van der Waals surface area contributed by atoms with Crippen LogP contribution in [-0.2, 0) is 6.42 Å². The number of nitrogens with two attached hydrogens (primary N) is 1. The van der Waals surface area contributed by atoms with Crippen LogP contribution in [0.2, 0.25) is 10.0 Å². The minimum Gasteiger partial charge on any atom is -0.384 e. The highest BCUT2D eigenvalue weighted by molar-refractivity contribution is 6.39. The van der Waals surface area contributed by atoms with Crippen LogP contribution in [0.3, 0.4) is 0 Å². The first-order valence-corrected chi connectivity index (χ1v) is 6.30. The van der Waals surface area contributed by atoms with Gasteiger partial charge in [0.05, 0.1) is 15.7 Å². The summed E-state index contributed by atoms with van der Waals surface area (Å²) in [5.74, 6) is 0.886. The van der Waals surface area contributed by atoms with Gasteiger partial charge in [-0.2, -0.15) is 0 Å². The van der Waals surface area contributed by atoms with Crippen molar-refractivity contribution < 1.29 is 4.39 Å². The average molecular weight is 301 g/mol. The van der Waals surface area contributed by atoms with Gasteiger partial charge in [0.2, 0.25) is 0 Å². The molecule has 19 heavy (non-hydrogen) atoms. The lowest BCUT2D eigenvalue weighted by Gasteiger charge is -2.11. The Balaban J connectivity index is 2.39. The van der Waals surface area contributed by atoms with Gasteiger partial charge in [0, 0.05) is 12.5 Å². The molecule has 2 aromatic rings. The number of nitrogens with one attached hydrogen (secondary N) is 1. The molecule has 1 aromatic carbocycles. The molecular formula is C12H11Cl2FN4. The molecule has 0 saturated heterocycles. The molecule has 0 saturated carbocycles. The lowest BCUT2D eigenvalue weighted by Crippen LogP contribution is -2.03.